The number of halogens is 1. The van der Waals surface area contributed by atoms with E-state index in [1.54, 1.807) is 18.2 Å². The van der Waals surface area contributed by atoms with E-state index in [1.807, 2.05) is 30.3 Å². The van der Waals surface area contributed by atoms with Crippen molar-refractivity contribution < 1.29 is 15.0 Å². The first-order valence-corrected chi connectivity index (χ1v) is 8.62. The third-order valence-electron chi connectivity index (χ3n) is 3.67. The highest BCUT2D eigenvalue weighted by Crippen LogP contribution is 2.23. The van der Waals surface area contributed by atoms with Crippen molar-refractivity contribution in [2.45, 2.75) is 0 Å². The first kappa shape index (κ1) is 19.0. The highest BCUT2D eigenvalue weighted by Gasteiger charge is 2.07. The van der Waals surface area contributed by atoms with Crippen LogP contribution in [-0.4, -0.2) is 22.3 Å². The predicted molar refractivity (Wildman–Crippen MR) is 109 cm³/mol. The quantitative estimate of drug-likeness (QED) is 0.360. The van der Waals surface area contributed by atoms with Crippen molar-refractivity contribution in [3.63, 3.8) is 0 Å². The summed E-state index contributed by atoms with van der Waals surface area (Å²) in [5.74, 6) is 5.62. The SMILES string of the molecule is O=C(NN=Cc1cccc(C#Cc2cccc(O)c2)c1)c1ccc(O)c(Cl)c1. The van der Waals surface area contributed by atoms with Gasteiger partial charge in [-0.25, -0.2) is 5.43 Å². The van der Waals surface area contributed by atoms with Gasteiger partial charge in [0.2, 0.25) is 0 Å². The van der Waals surface area contributed by atoms with Gasteiger partial charge in [-0.2, -0.15) is 5.10 Å². The summed E-state index contributed by atoms with van der Waals surface area (Å²) in [6.07, 6.45) is 1.50. The molecule has 0 atom stereocenters. The van der Waals surface area contributed by atoms with Crippen molar-refractivity contribution in [2.24, 2.45) is 5.10 Å². The summed E-state index contributed by atoms with van der Waals surface area (Å²) >= 11 is 5.79. The molecule has 0 aliphatic carbocycles. The lowest BCUT2D eigenvalue weighted by molar-refractivity contribution is 0.0955. The normalized spacial score (nSPS) is 10.3. The van der Waals surface area contributed by atoms with Crippen LogP contribution in [0.4, 0.5) is 0 Å². The van der Waals surface area contributed by atoms with E-state index in [1.165, 1.54) is 24.4 Å². The van der Waals surface area contributed by atoms with Crippen molar-refractivity contribution in [2.75, 3.05) is 0 Å². The zero-order chi connectivity index (χ0) is 19.9. The summed E-state index contributed by atoms with van der Waals surface area (Å²) in [5, 5.41) is 22.9. The molecule has 1 amide bonds. The van der Waals surface area contributed by atoms with E-state index < -0.39 is 5.91 Å². The maximum atomic E-state index is 12.0. The Bertz CT molecular complexity index is 1110. The van der Waals surface area contributed by atoms with Gasteiger partial charge in [0.05, 0.1) is 11.2 Å². The fraction of sp³-hybridized carbons (Fsp3) is 0. The Morgan fingerprint density at radius 3 is 2.39 bits per heavy atom. The van der Waals surface area contributed by atoms with Crippen LogP contribution in [0.5, 0.6) is 11.5 Å². The minimum atomic E-state index is -0.446. The smallest absolute Gasteiger partial charge is 0.271 e. The second-order valence-corrected chi connectivity index (χ2v) is 6.20. The molecule has 3 aromatic carbocycles. The number of hydrogen-bond acceptors (Lipinski definition) is 4. The number of phenols is 2. The molecule has 0 saturated carbocycles. The number of hydrazone groups is 1. The predicted octanol–water partition coefficient (Wildman–Crippen LogP) is 3.91. The Kier molecular flexibility index (Phi) is 5.95. The van der Waals surface area contributed by atoms with Gasteiger partial charge in [-0.15, -0.1) is 0 Å². The summed E-state index contributed by atoms with van der Waals surface area (Å²) < 4.78 is 0. The number of hydrogen-bond donors (Lipinski definition) is 3. The number of phenolic OH excluding ortho intramolecular Hbond substituents is 2. The maximum absolute atomic E-state index is 12.0. The standard InChI is InChI=1S/C22H15ClN2O3/c23-20-13-18(9-10-21(20)27)22(28)25-24-14-17-5-1-3-15(11-17)7-8-16-4-2-6-19(26)12-16/h1-6,9-14,26-27H,(H,25,28). The van der Waals surface area contributed by atoms with E-state index in [0.29, 0.717) is 5.56 Å². The third kappa shape index (κ3) is 5.13. The second-order valence-electron chi connectivity index (χ2n) is 5.79. The van der Waals surface area contributed by atoms with Crippen LogP contribution in [0.3, 0.4) is 0 Å². The molecule has 0 saturated heterocycles. The second kappa shape index (κ2) is 8.76. The summed E-state index contributed by atoms with van der Waals surface area (Å²) in [4.78, 5) is 12.0. The molecular weight excluding hydrogens is 376 g/mol. The lowest BCUT2D eigenvalue weighted by Crippen LogP contribution is -2.17. The van der Waals surface area contributed by atoms with E-state index in [-0.39, 0.29) is 22.1 Å². The van der Waals surface area contributed by atoms with Crippen LogP contribution >= 0.6 is 11.6 Å². The van der Waals surface area contributed by atoms with Crippen molar-refractivity contribution >= 4 is 23.7 Å². The summed E-state index contributed by atoms with van der Waals surface area (Å²) in [6, 6.07) is 18.2. The molecular formula is C22H15ClN2O3. The zero-order valence-corrected chi connectivity index (χ0v) is 15.3. The molecule has 3 aromatic rings. The first-order chi connectivity index (χ1) is 13.5. The molecule has 3 N–H and O–H groups in total. The topological polar surface area (TPSA) is 81.9 Å². The number of amides is 1. The molecule has 0 bridgehead atoms. The summed E-state index contributed by atoms with van der Waals surface area (Å²) in [7, 11) is 0. The average Bonchev–Trinajstić information content (AvgIpc) is 2.69. The van der Waals surface area contributed by atoms with Gasteiger partial charge >= 0.3 is 0 Å². The molecule has 0 fully saturated rings. The Morgan fingerprint density at radius 2 is 1.68 bits per heavy atom. The molecule has 28 heavy (non-hydrogen) atoms. The van der Waals surface area contributed by atoms with Crippen LogP contribution in [0.1, 0.15) is 27.0 Å². The zero-order valence-electron chi connectivity index (χ0n) is 14.6. The fourth-order valence-corrected chi connectivity index (χ4v) is 2.48. The van der Waals surface area contributed by atoms with Crippen molar-refractivity contribution in [3.05, 3.63) is 94.0 Å². The monoisotopic (exact) mass is 390 g/mol. The minimum Gasteiger partial charge on any atom is -0.508 e. The van der Waals surface area contributed by atoms with Gasteiger partial charge < -0.3 is 10.2 Å². The molecule has 6 heteroatoms. The van der Waals surface area contributed by atoms with Gasteiger partial charge in [0.15, 0.2) is 0 Å². The maximum Gasteiger partial charge on any atom is 0.271 e. The Morgan fingerprint density at radius 1 is 0.964 bits per heavy atom. The molecule has 0 radical (unpaired) electrons. The van der Waals surface area contributed by atoms with Gasteiger partial charge in [-0.3, -0.25) is 4.79 Å². The Balaban J connectivity index is 1.67. The number of nitrogens with one attached hydrogen (secondary N) is 1. The van der Waals surface area contributed by atoms with Crippen LogP contribution in [-0.2, 0) is 0 Å². The number of aromatic hydroxyl groups is 2. The lowest BCUT2D eigenvalue weighted by Gasteiger charge is -2.02. The van der Waals surface area contributed by atoms with E-state index in [9.17, 15) is 15.0 Å². The van der Waals surface area contributed by atoms with E-state index in [2.05, 4.69) is 22.4 Å². The molecule has 0 heterocycles. The minimum absolute atomic E-state index is 0.0923. The molecule has 0 aliphatic rings. The first-order valence-electron chi connectivity index (χ1n) is 8.24. The van der Waals surface area contributed by atoms with Gasteiger partial charge in [-0.05, 0) is 54.1 Å². The highest BCUT2D eigenvalue weighted by atomic mass is 35.5. The third-order valence-corrected chi connectivity index (χ3v) is 3.98. The number of carbonyl (C=O) groups excluding carboxylic acids is 1. The Labute approximate surface area is 166 Å². The average molecular weight is 391 g/mol. The number of rotatable bonds is 3. The molecule has 0 unspecified atom stereocenters. The fourth-order valence-electron chi connectivity index (χ4n) is 2.30. The molecule has 138 valence electrons. The lowest BCUT2D eigenvalue weighted by atomic mass is 10.1. The van der Waals surface area contributed by atoms with E-state index >= 15 is 0 Å². The van der Waals surface area contributed by atoms with Gasteiger partial charge in [0, 0.05) is 16.7 Å². The van der Waals surface area contributed by atoms with Gasteiger partial charge in [0.25, 0.3) is 5.91 Å². The molecule has 3 rings (SSSR count). The van der Waals surface area contributed by atoms with E-state index in [0.717, 1.165) is 11.1 Å². The van der Waals surface area contributed by atoms with Crippen molar-refractivity contribution in [1.82, 2.24) is 5.43 Å². The molecule has 5 nitrogen and oxygen atoms in total. The Hall–Kier alpha value is -3.75. The molecule has 0 aliphatic heterocycles. The van der Waals surface area contributed by atoms with Crippen LogP contribution in [0.2, 0.25) is 5.02 Å². The summed E-state index contributed by atoms with van der Waals surface area (Å²) in [5.41, 5.74) is 4.92. The number of carbonyl (C=O) groups is 1. The number of benzene rings is 3. The van der Waals surface area contributed by atoms with Gasteiger partial charge in [-0.1, -0.05) is 41.6 Å². The molecule has 0 spiro atoms. The van der Waals surface area contributed by atoms with Crippen LogP contribution in [0.25, 0.3) is 0 Å². The number of nitrogens with zero attached hydrogens (tertiary/aromatic N) is 1. The van der Waals surface area contributed by atoms with Gasteiger partial charge in [0.1, 0.15) is 11.5 Å². The highest BCUT2D eigenvalue weighted by molar-refractivity contribution is 6.32. The van der Waals surface area contributed by atoms with Crippen LogP contribution < -0.4 is 5.43 Å². The molecule has 0 aromatic heterocycles. The van der Waals surface area contributed by atoms with Crippen molar-refractivity contribution in [3.8, 4) is 23.3 Å². The summed E-state index contributed by atoms with van der Waals surface area (Å²) in [6.45, 7) is 0. The largest absolute Gasteiger partial charge is 0.508 e. The van der Waals surface area contributed by atoms with E-state index in [4.69, 9.17) is 11.6 Å². The van der Waals surface area contributed by atoms with Crippen LogP contribution in [0, 0.1) is 11.8 Å². The van der Waals surface area contributed by atoms with Crippen molar-refractivity contribution in [1.29, 1.82) is 0 Å². The van der Waals surface area contributed by atoms with Crippen LogP contribution in [0.15, 0.2) is 71.8 Å².